The first-order chi connectivity index (χ1) is 16.0. The van der Waals surface area contributed by atoms with Gasteiger partial charge in [0.25, 0.3) is 0 Å². The number of thioether (sulfide) groups is 1. The van der Waals surface area contributed by atoms with Crippen LogP contribution in [0.15, 0.2) is 48.5 Å². The molecule has 3 rings (SSSR count). The standard InChI is InChI=1S/C26H33ClN2O3S/c1-19(26(31)28-23-8-4-3-5-9-23)29(16-21-7-6-10-24(15-21)32-2)25(30)18-33-17-20-11-13-22(27)14-12-20/h6-7,10-15,19,23H,3-5,8-9,16-18H2,1-2H3,(H,28,31)/t19-/m0/s1. The second kappa shape index (κ2) is 12.9. The Morgan fingerprint density at radius 2 is 1.85 bits per heavy atom. The Hall–Kier alpha value is -2.18. The van der Waals surface area contributed by atoms with Gasteiger partial charge in [-0.05, 0) is 55.2 Å². The van der Waals surface area contributed by atoms with Crippen LogP contribution in [0.3, 0.4) is 0 Å². The molecule has 0 bridgehead atoms. The fourth-order valence-corrected chi connectivity index (χ4v) is 5.04. The summed E-state index contributed by atoms with van der Waals surface area (Å²) in [4.78, 5) is 28.0. The normalized spacial score (nSPS) is 15.0. The summed E-state index contributed by atoms with van der Waals surface area (Å²) >= 11 is 7.50. The Morgan fingerprint density at radius 1 is 1.12 bits per heavy atom. The van der Waals surface area contributed by atoms with Crippen molar-refractivity contribution in [2.45, 2.75) is 63.4 Å². The van der Waals surface area contributed by atoms with Gasteiger partial charge in [-0.1, -0.05) is 55.1 Å². The molecule has 0 aliphatic heterocycles. The van der Waals surface area contributed by atoms with Crippen LogP contribution in [0.25, 0.3) is 0 Å². The van der Waals surface area contributed by atoms with E-state index in [9.17, 15) is 9.59 Å². The van der Waals surface area contributed by atoms with E-state index < -0.39 is 6.04 Å². The predicted molar refractivity (Wildman–Crippen MR) is 136 cm³/mol. The molecule has 2 aromatic carbocycles. The van der Waals surface area contributed by atoms with Crippen molar-refractivity contribution in [2.24, 2.45) is 0 Å². The number of amides is 2. The summed E-state index contributed by atoms with van der Waals surface area (Å²) in [6, 6.07) is 14.9. The fourth-order valence-electron chi connectivity index (χ4n) is 4.04. The number of rotatable bonds is 10. The maximum atomic E-state index is 13.3. The van der Waals surface area contributed by atoms with E-state index in [1.54, 1.807) is 23.8 Å². The maximum absolute atomic E-state index is 13.3. The number of carbonyl (C=O) groups is 2. The Morgan fingerprint density at radius 3 is 2.55 bits per heavy atom. The van der Waals surface area contributed by atoms with Crippen molar-refractivity contribution in [3.63, 3.8) is 0 Å². The van der Waals surface area contributed by atoms with Crippen molar-refractivity contribution in [3.05, 3.63) is 64.7 Å². The minimum atomic E-state index is -0.554. The minimum absolute atomic E-state index is 0.0527. The second-order valence-corrected chi connectivity index (χ2v) is 9.93. The zero-order valence-electron chi connectivity index (χ0n) is 19.4. The van der Waals surface area contributed by atoms with Crippen molar-refractivity contribution in [3.8, 4) is 5.75 Å². The molecule has 0 spiro atoms. The molecule has 0 radical (unpaired) electrons. The molecule has 0 unspecified atom stereocenters. The van der Waals surface area contributed by atoms with E-state index in [1.807, 2.05) is 55.5 Å². The Labute approximate surface area is 206 Å². The maximum Gasteiger partial charge on any atom is 0.242 e. The van der Waals surface area contributed by atoms with Gasteiger partial charge in [0.1, 0.15) is 11.8 Å². The molecule has 1 N–H and O–H groups in total. The zero-order chi connectivity index (χ0) is 23.6. The van der Waals surface area contributed by atoms with Crippen LogP contribution in [0.4, 0.5) is 0 Å². The summed E-state index contributed by atoms with van der Waals surface area (Å²) in [5.41, 5.74) is 2.04. The van der Waals surface area contributed by atoms with Crippen LogP contribution in [0.5, 0.6) is 5.75 Å². The molecule has 178 valence electrons. The van der Waals surface area contributed by atoms with Crippen LogP contribution in [0.2, 0.25) is 5.02 Å². The summed E-state index contributed by atoms with van der Waals surface area (Å²) < 4.78 is 5.33. The van der Waals surface area contributed by atoms with Gasteiger partial charge in [-0.25, -0.2) is 0 Å². The Balaban J connectivity index is 1.66. The first-order valence-corrected chi connectivity index (χ1v) is 13.0. The average Bonchev–Trinajstić information content (AvgIpc) is 2.84. The number of hydrogen-bond acceptors (Lipinski definition) is 4. The molecule has 0 heterocycles. The SMILES string of the molecule is COc1cccc(CN(C(=O)CSCc2ccc(Cl)cc2)[C@@H](C)C(=O)NC2CCCCC2)c1. The summed E-state index contributed by atoms with van der Waals surface area (Å²) in [6.45, 7) is 2.18. The Kier molecular flexibility index (Phi) is 9.95. The van der Waals surface area contributed by atoms with E-state index >= 15 is 0 Å². The molecule has 33 heavy (non-hydrogen) atoms. The van der Waals surface area contributed by atoms with Crippen LogP contribution < -0.4 is 10.1 Å². The monoisotopic (exact) mass is 488 g/mol. The molecule has 1 aliphatic carbocycles. The highest BCUT2D eigenvalue weighted by Gasteiger charge is 2.28. The molecule has 0 aromatic heterocycles. The van der Waals surface area contributed by atoms with Crippen molar-refractivity contribution in [1.82, 2.24) is 10.2 Å². The zero-order valence-corrected chi connectivity index (χ0v) is 21.0. The highest BCUT2D eigenvalue weighted by atomic mass is 35.5. The van der Waals surface area contributed by atoms with Gasteiger partial charge in [0.15, 0.2) is 0 Å². The number of nitrogens with zero attached hydrogens (tertiary/aromatic N) is 1. The third-order valence-corrected chi connectivity index (χ3v) is 7.25. The van der Waals surface area contributed by atoms with Crippen molar-refractivity contribution in [1.29, 1.82) is 0 Å². The summed E-state index contributed by atoms with van der Waals surface area (Å²) in [5, 5.41) is 3.87. The lowest BCUT2D eigenvalue weighted by Gasteiger charge is -2.31. The lowest BCUT2D eigenvalue weighted by atomic mass is 9.95. The average molecular weight is 489 g/mol. The third-order valence-electron chi connectivity index (χ3n) is 6.01. The lowest BCUT2D eigenvalue weighted by Crippen LogP contribution is -2.50. The van der Waals surface area contributed by atoms with E-state index in [0.717, 1.165) is 42.6 Å². The van der Waals surface area contributed by atoms with Crippen molar-refractivity contribution in [2.75, 3.05) is 12.9 Å². The van der Waals surface area contributed by atoms with E-state index in [4.69, 9.17) is 16.3 Å². The Bertz CT molecular complexity index is 916. The molecule has 2 aromatic rings. The fraction of sp³-hybridized carbons (Fsp3) is 0.462. The summed E-state index contributed by atoms with van der Waals surface area (Å²) in [7, 11) is 1.62. The van der Waals surface area contributed by atoms with Gasteiger partial charge in [-0.15, -0.1) is 11.8 Å². The van der Waals surface area contributed by atoms with Crippen molar-refractivity contribution < 1.29 is 14.3 Å². The van der Waals surface area contributed by atoms with Crippen LogP contribution in [-0.2, 0) is 21.9 Å². The number of benzene rings is 2. The number of methoxy groups -OCH3 is 1. The van der Waals surface area contributed by atoms with Crippen LogP contribution in [0, 0.1) is 0 Å². The van der Waals surface area contributed by atoms with Gasteiger partial charge in [0.05, 0.1) is 12.9 Å². The first-order valence-electron chi connectivity index (χ1n) is 11.5. The van der Waals surface area contributed by atoms with E-state index in [2.05, 4.69) is 5.32 Å². The van der Waals surface area contributed by atoms with Crippen LogP contribution >= 0.6 is 23.4 Å². The molecule has 5 nitrogen and oxygen atoms in total. The summed E-state index contributed by atoms with van der Waals surface area (Å²) in [5.74, 6) is 1.60. The third kappa shape index (κ3) is 7.97. The predicted octanol–water partition coefficient (Wildman–Crippen LogP) is 5.45. The number of ether oxygens (including phenoxy) is 1. The van der Waals surface area contributed by atoms with Gasteiger partial charge in [-0.2, -0.15) is 0 Å². The molecule has 0 saturated heterocycles. The summed E-state index contributed by atoms with van der Waals surface area (Å²) in [6.07, 6.45) is 5.55. The number of carbonyl (C=O) groups excluding carboxylic acids is 2. The molecular weight excluding hydrogens is 456 g/mol. The number of halogens is 1. The molecule has 1 saturated carbocycles. The topological polar surface area (TPSA) is 58.6 Å². The van der Waals surface area contributed by atoms with Crippen LogP contribution in [-0.4, -0.2) is 41.7 Å². The van der Waals surface area contributed by atoms with E-state index in [-0.39, 0.29) is 17.9 Å². The quantitative estimate of drug-likeness (QED) is 0.483. The van der Waals surface area contributed by atoms with Crippen LogP contribution in [0.1, 0.15) is 50.2 Å². The van der Waals surface area contributed by atoms with Crippen molar-refractivity contribution >= 4 is 35.2 Å². The smallest absolute Gasteiger partial charge is 0.242 e. The first kappa shape index (κ1) is 25.4. The van der Waals surface area contributed by atoms with Gasteiger partial charge in [0, 0.05) is 23.4 Å². The largest absolute Gasteiger partial charge is 0.497 e. The number of hydrogen-bond donors (Lipinski definition) is 1. The molecule has 1 atom stereocenters. The molecular formula is C26H33ClN2O3S. The lowest BCUT2D eigenvalue weighted by molar-refractivity contribution is -0.139. The molecule has 1 fully saturated rings. The van der Waals surface area contributed by atoms with E-state index in [0.29, 0.717) is 23.1 Å². The van der Waals surface area contributed by atoms with Gasteiger partial charge in [0.2, 0.25) is 11.8 Å². The molecule has 2 amide bonds. The second-order valence-electron chi connectivity index (χ2n) is 8.51. The van der Waals surface area contributed by atoms with Gasteiger partial charge < -0.3 is 15.0 Å². The molecule has 1 aliphatic rings. The van der Waals surface area contributed by atoms with Gasteiger partial charge >= 0.3 is 0 Å². The molecule has 7 heteroatoms. The minimum Gasteiger partial charge on any atom is -0.497 e. The van der Waals surface area contributed by atoms with Gasteiger partial charge in [-0.3, -0.25) is 9.59 Å². The highest BCUT2D eigenvalue weighted by Crippen LogP contribution is 2.21. The van der Waals surface area contributed by atoms with E-state index in [1.165, 1.54) is 6.42 Å². The number of nitrogens with one attached hydrogen (secondary N) is 1. The highest BCUT2D eigenvalue weighted by molar-refractivity contribution is 7.99.